The minimum absolute atomic E-state index is 0.131. The molecule has 1 aliphatic carbocycles. The van der Waals surface area contributed by atoms with Crippen LogP contribution in [-0.4, -0.2) is 44.5 Å². The quantitative estimate of drug-likeness (QED) is 0.595. The second-order valence-corrected chi connectivity index (χ2v) is 7.96. The van der Waals surface area contributed by atoms with Crippen LogP contribution in [0.3, 0.4) is 0 Å². The summed E-state index contributed by atoms with van der Waals surface area (Å²) in [7, 11) is 7.07. The summed E-state index contributed by atoms with van der Waals surface area (Å²) in [5.74, 6) is 1.69. The highest BCUT2D eigenvalue weighted by atomic mass is 127. The van der Waals surface area contributed by atoms with E-state index in [1.807, 2.05) is 26.0 Å². The Labute approximate surface area is 166 Å². The normalized spacial score (nSPS) is 25.6. The van der Waals surface area contributed by atoms with E-state index in [9.17, 15) is 4.79 Å². The van der Waals surface area contributed by atoms with Gasteiger partial charge in [0.15, 0.2) is 17.3 Å². The number of fused-ring (bicyclic) bond motifs is 1. The third-order valence-electron chi connectivity index (χ3n) is 5.07. The monoisotopic (exact) mass is 475 g/mol. The Morgan fingerprint density at radius 3 is 2.52 bits per heavy atom. The first-order chi connectivity index (χ1) is 12.1. The van der Waals surface area contributed by atoms with Gasteiger partial charge in [-0.3, -0.25) is 4.79 Å². The van der Waals surface area contributed by atoms with E-state index in [1.165, 1.54) is 5.56 Å². The van der Waals surface area contributed by atoms with E-state index in [0.717, 1.165) is 29.4 Å². The summed E-state index contributed by atoms with van der Waals surface area (Å²) in [5.41, 5.74) is 1.07. The standard InChI is InChI=1S/C17H20INO3S.C2H6/c1-19-7-6-17(15(19)9-12(20)10-16(17)23-18)11-4-5-13(21-2)14(8-11)22-3;1-2/h4-5,8,10,15H,6-7,9H2,1-3H3;1-2H3. The molecule has 2 atom stereocenters. The number of allylic oxidation sites excluding steroid dienone is 1. The van der Waals surface area contributed by atoms with Gasteiger partial charge in [0.2, 0.25) is 0 Å². The van der Waals surface area contributed by atoms with Gasteiger partial charge < -0.3 is 14.4 Å². The third-order valence-corrected chi connectivity index (χ3v) is 7.14. The fourth-order valence-corrected chi connectivity index (χ4v) is 6.11. The molecule has 0 bridgehead atoms. The number of carbonyl (C=O) groups is 1. The molecule has 1 aromatic rings. The summed E-state index contributed by atoms with van der Waals surface area (Å²) in [4.78, 5) is 15.6. The van der Waals surface area contributed by atoms with Crippen LogP contribution in [0.15, 0.2) is 29.2 Å². The summed E-state index contributed by atoms with van der Waals surface area (Å²) in [6.07, 6.45) is 3.42. The maximum atomic E-state index is 12.2. The lowest BCUT2D eigenvalue weighted by Gasteiger charge is -2.41. The number of benzene rings is 1. The highest BCUT2D eigenvalue weighted by molar-refractivity contribution is 14.2. The molecule has 2 unspecified atom stereocenters. The van der Waals surface area contributed by atoms with Crippen LogP contribution in [0.2, 0.25) is 0 Å². The van der Waals surface area contributed by atoms with Gasteiger partial charge in [-0.05, 0) is 43.8 Å². The number of likely N-dealkylation sites (N-methyl/N-ethyl adjacent to an activating group) is 1. The van der Waals surface area contributed by atoms with Crippen LogP contribution in [0.5, 0.6) is 11.5 Å². The first-order valence-electron chi connectivity index (χ1n) is 8.53. The molecule has 0 N–H and O–H groups in total. The maximum Gasteiger partial charge on any atom is 0.161 e. The molecule has 1 aromatic carbocycles. The van der Waals surface area contributed by atoms with Crippen LogP contribution < -0.4 is 9.47 Å². The SMILES string of the molecule is CC.COc1ccc(C23CCN(C)C2CC(=O)C=C3SI)cc1OC. The second-order valence-electron chi connectivity index (χ2n) is 6.04. The molecule has 0 saturated carbocycles. The highest BCUT2D eigenvalue weighted by Gasteiger charge is 2.52. The molecular weight excluding hydrogens is 449 g/mol. The van der Waals surface area contributed by atoms with Crippen molar-refractivity contribution in [2.45, 2.75) is 38.1 Å². The Balaban J connectivity index is 0.00000109. The maximum absolute atomic E-state index is 12.2. The smallest absolute Gasteiger partial charge is 0.161 e. The van der Waals surface area contributed by atoms with Gasteiger partial charge in [-0.15, -0.1) is 0 Å². The Bertz CT molecular complexity index is 664. The Kier molecular flexibility index (Phi) is 7.22. The third kappa shape index (κ3) is 3.57. The lowest BCUT2D eigenvalue weighted by atomic mass is 9.69. The molecule has 1 aliphatic heterocycles. The van der Waals surface area contributed by atoms with Crippen molar-refractivity contribution in [3.05, 3.63) is 34.7 Å². The lowest BCUT2D eigenvalue weighted by Crippen LogP contribution is -2.45. The summed E-state index contributed by atoms with van der Waals surface area (Å²) in [5, 5.41) is 0. The zero-order chi connectivity index (χ0) is 18.6. The second kappa shape index (κ2) is 8.77. The van der Waals surface area contributed by atoms with Gasteiger partial charge in [0.1, 0.15) is 0 Å². The Morgan fingerprint density at radius 2 is 1.92 bits per heavy atom. The number of nitrogens with zero attached hydrogens (tertiary/aromatic N) is 1. The van der Waals surface area contributed by atoms with E-state index >= 15 is 0 Å². The molecule has 3 rings (SSSR count). The molecule has 0 amide bonds. The van der Waals surface area contributed by atoms with E-state index in [2.05, 4.69) is 45.3 Å². The van der Waals surface area contributed by atoms with Crippen molar-refractivity contribution < 1.29 is 14.3 Å². The topological polar surface area (TPSA) is 38.8 Å². The number of methoxy groups -OCH3 is 2. The summed E-state index contributed by atoms with van der Waals surface area (Å²) >= 11 is 2.29. The number of ether oxygens (including phenoxy) is 2. The minimum atomic E-state index is -0.131. The molecule has 2 aliphatic rings. The van der Waals surface area contributed by atoms with Crippen molar-refractivity contribution >= 4 is 35.9 Å². The van der Waals surface area contributed by atoms with Crippen molar-refractivity contribution in [2.75, 3.05) is 27.8 Å². The molecule has 4 nitrogen and oxygen atoms in total. The molecule has 0 aromatic heterocycles. The molecule has 0 spiro atoms. The van der Waals surface area contributed by atoms with Gasteiger partial charge in [-0.2, -0.15) is 0 Å². The van der Waals surface area contributed by atoms with Crippen LogP contribution in [0, 0.1) is 0 Å². The number of carbonyl (C=O) groups excluding carboxylic acids is 1. The molecular formula is C19H26INO3S. The number of hydrogen-bond donors (Lipinski definition) is 0. The molecule has 0 radical (unpaired) electrons. The lowest BCUT2D eigenvalue weighted by molar-refractivity contribution is -0.116. The number of halogens is 1. The first kappa shape index (κ1) is 20.6. The van der Waals surface area contributed by atoms with Crippen LogP contribution in [0.25, 0.3) is 0 Å². The van der Waals surface area contributed by atoms with Gasteiger partial charge in [-0.1, -0.05) is 28.8 Å². The van der Waals surface area contributed by atoms with Gasteiger partial charge in [0.25, 0.3) is 0 Å². The van der Waals surface area contributed by atoms with Crippen LogP contribution in [0.4, 0.5) is 0 Å². The molecule has 25 heavy (non-hydrogen) atoms. The molecule has 138 valence electrons. The summed E-state index contributed by atoms with van der Waals surface area (Å²) in [6, 6.07) is 6.35. The van der Waals surface area contributed by atoms with Gasteiger partial charge in [0, 0.05) is 44.0 Å². The fraction of sp³-hybridized carbons (Fsp3) is 0.526. The van der Waals surface area contributed by atoms with Crippen molar-refractivity contribution in [3.8, 4) is 11.5 Å². The summed E-state index contributed by atoms with van der Waals surface area (Å²) < 4.78 is 10.9. The van der Waals surface area contributed by atoms with E-state index in [-0.39, 0.29) is 17.2 Å². The average Bonchev–Trinajstić information content (AvgIpc) is 2.99. The summed E-state index contributed by atoms with van der Waals surface area (Å²) in [6.45, 7) is 4.99. The van der Waals surface area contributed by atoms with Gasteiger partial charge in [-0.25, -0.2) is 0 Å². The van der Waals surface area contributed by atoms with Crippen molar-refractivity contribution in [3.63, 3.8) is 0 Å². The molecule has 6 heteroatoms. The molecule has 1 saturated heterocycles. The number of likely N-dealkylation sites (tertiary alicyclic amines) is 1. The largest absolute Gasteiger partial charge is 0.493 e. The zero-order valence-electron chi connectivity index (χ0n) is 15.5. The Morgan fingerprint density at radius 1 is 1.24 bits per heavy atom. The number of ketones is 1. The van der Waals surface area contributed by atoms with Crippen LogP contribution >= 0.6 is 30.1 Å². The number of hydrogen-bond acceptors (Lipinski definition) is 5. The minimum Gasteiger partial charge on any atom is -0.493 e. The number of rotatable bonds is 4. The van der Waals surface area contributed by atoms with E-state index in [4.69, 9.17) is 9.47 Å². The molecule has 1 fully saturated rings. The van der Waals surface area contributed by atoms with Crippen molar-refractivity contribution in [1.29, 1.82) is 0 Å². The average molecular weight is 475 g/mol. The molecule has 1 heterocycles. The highest BCUT2D eigenvalue weighted by Crippen LogP contribution is 2.54. The van der Waals surface area contributed by atoms with Crippen LogP contribution in [-0.2, 0) is 10.2 Å². The van der Waals surface area contributed by atoms with E-state index in [1.54, 1.807) is 23.2 Å². The van der Waals surface area contributed by atoms with Gasteiger partial charge in [0.05, 0.1) is 14.2 Å². The van der Waals surface area contributed by atoms with Crippen molar-refractivity contribution in [1.82, 2.24) is 4.90 Å². The van der Waals surface area contributed by atoms with Crippen LogP contribution in [0.1, 0.15) is 32.3 Å². The zero-order valence-corrected chi connectivity index (χ0v) is 18.4. The van der Waals surface area contributed by atoms with E-state index < -0.39 is 0 Å². The first-order valence-corrected chi connectivity index (χ1v) is 11.9. The van der Waals surface area contributed by atoms with E-state index in [0.29, 0.717) is 6.42 Å². The van der Waals surface area contributed by atoms with Crippen molar-refractivity contribution in [2.24, 2.45) is 0 Å². The predicted octanol–water partition coefficient (Wildman–Crippen LogP) is 4.61. The van der Waals surface area contributed by atoms with Gasteiger partial charge >= 0.3 is 0 Å². The Hall–Kier alpha value is -0.730. The predicted molar refractivity (Wildman–Crippen MR) is 113 cm³/mol. The fourth-order valence-electron chi connectivity index (χ4n) is 3.88.